The van der Waals surface area contributed by atoms with Crippen molar-refractivity contribution in [3.05, 3.63) is 65.5 Å². The zero-order valence-electron chi connectivity index (χ0n) is 13.9. The summed E-state index contributed by atoms with van der Waals surface area (Å²) in [7, 11) is 0. The average Bonchev–Trinajstić information content (AvgIpc) is 2.94. The SMILES string of the molecule is Cc1ncccc1C(=O)n1c2ccccc2c2cc(C(N)=O)c(N)nc21. The van der Waals surface area contributed by atoms with Gasteiger partial charge in [-0.15, -0.1) is 0 Å². The van der Waals surface area contributed by atoms with Gasteiger partial charge >= 0.3 is 0 Å². The summed E-state index contributed by atoms with van der Waals surface area (Å²) in [4.78, 5) is 33.4. The van der Waals surface area contributed by atoms with Crippen LogP contribution in [-0.2, 0) is 0 Å². The molecule has 0 unspecified atom stereocenters. The van der Waals surface area contributed by atoms with E-state index < -0.39 is 5.91 Å². The lowest BCUT2D eigenvalue weighted by Gasteiger charge is -2.08. The number of para-hydroxylation sites is 1. The van der Waals surface area contributed by atoms with Crippen molar-refractivity contribution in [2.75, 3.05) is 5.73 Å². The van der Waals surface area contributed by atoms with Gasteiger partial charge in [0.1, 0.15) is 5.82 Å². The van der Waals surface area contributed by atoms with Gasteiger partial charge in [0, 0.05) is 22.7 Å². The number of nitrogen functional groups attached to an aromatic ring is 1. The van der Waals surface area contributed by atoms with Gasteiger partial charge in [-0.25, -0.2) is 4.98 Å². The maximum absolute atomic E-state index is 13.2. The van der Waals surface area contributed by atoms with E-state index in [4.69, 9.17) is 11.5 Å². The molecule has 0 aliphatic carbocycles. The van der Waals surface area contributed by atoms with Crippen LogP contribution < -0.4 is 11.5 Å². The summed E-state index contributed by atoms with van der Waals surface area (Å²) in [5.74, 6) is -0.937. The molecule has 0 aliphatic heterocycles. The normalized spacial score (nSPS) is 11.1. The standard InChI is InChI=1S/C19H15N5O2/c1-10-11(6-4-8-22-10)19(26)24-15-7-3-2-5-12(15)13-9-14(17(21)25)16(20)23-18(13)24/h2-9H,1H3,(H2,20,23)(H2,21,25). The molecule has 4 rings (SSSR count). The van der Waals surface area contributed by atoms with Crippen LogP contribution in [0, 0.1) is 6.92 Å². The Kier molecular flexibility index (Phi) is 3.43. The highest BCUT2D eigenvalue weighted by molar-refractivity contribution is 6.17. The number of aromatic nitrogens is 3. The molecule has 0 radical (unpaired) electrons. The van der Waals surface area contributed by atoms with Crippen LogP contribution >= 0.6 is 0 Å². The van der Waals surface area contributed by atoms with E-state index >= 15 is 0 Å². The van der Waals surface area contributed by atoms with Crippen molar-refractivity contribution in [3.8, 4) is 0 Å². The molecule has 0 fully saturated rings. The fraction of sp³-hybridized carbons (Fsp3) is 0.0526. The highest BCUT2D eigenvalue weighted by atomic mass is 16.2. The Bertz CT molecular complexity index is 1210. The van der Waals surface area contributed by atoms with Crippen molar-refractivity contribution in [2.24, 2.45) is 5.73 Å². The van der Waals surface area contributed by atoms with Crippen LogP contribution in [0.5, 0.6) is 0 Å². The number of amides is 1. The van der Waals surface area contributed by atoms with E-state index in [0.717, 1.165) is 5.39 Å². The number of nitrogens with zero attached hydrogens (tertiary/aromatic N) is 3. The smallest absolute Gasteiger partial charge is 0.265 e. The molecule has 3 aromatic heterocycles. The molecule has 7 nitrogen and oxygen atoms in total. The molecule has 7 heteroatoms. The van der Waals surface area contributed by atoms with Crippen LogP contribution in [0.15, 0.2) is 48.7 Å². The van der Waals surface area contributed by atoms with Gasteiger partial charge in [0.2, 0.25) is 0 Å². The molecule has 1 aromatic carbocycles. The maximum Gasteiger partial charge on any atom is 0.265 e. The number of aryl methyl sites for hydroxylation is 1. The fourth-order valence-electron chi connectivity index (χ4n) is 3.13. The first-order valence-electron chi connectivity index (χ1n) is 7.95. The van der Waals surface area contributed by atoms with Crippen molar-refractivity contribution in [2.45, 2.75) is 6.92 Å². The van der Waals surface area contributed by atoms with E-state index in [1.165, 1.54) is 4.57 Å². The Morgan fingerprint density at radius 3 is 2.54 bits per heavy atom. The lowest BCUT2D eigenvalue weighted by atomic mass is 10.1. The molecule has 0 saturated heterocycles. The summed E-state index contributed by atoms with van der Waals surface area (Å²) >= 11 is 0. The first kappa shape index (κ1) is 15.8. The van der Waals surface area contributed by atoms with Crippen molar-refractivity contribution >= 4 is 39.6 Å². The van der Waals surface area contributed by atoms with Gasteiger partial charge in [0.25, 0.3) is 11.8 Å². The van der Waals surface area contributed by atoms with Gasteiger partial charge in [-0.1, -0.05) is 18.2 Å². The Balaban J connectivity index is 2.11. The highest BCUT2D eigenvalue weighted by Crippen LogP contribution is 2.31. The molecular weight excluding hydrogens is 330 g/mol. The number of pyridine rings is 2. The van der Waals surface area contributed by atoms with E-state index in [-0.39, 0.29) is 17.3 Å². The summed E-state index contributed by atoms with van der Waals surface area (Å²) < 4.78 is 1.50. The lowest BCUT2D eigenvalue weighted by Crippen LogP contribution is -2.17. The third-order valence-electron chi connectivity index (χ3n) is 4.38. The van der Waals surface area contributed by atoms with Crippen molar-refractivity contribution < 1.29 is 9.59 Å². The number of anilines is 1. The van der Waals surface area contributed by atoms with Gasteiger partial charge < -0.3 is 11.5 Å². The summed E-state index contributed by atoms with van der Waals surface area (Å²) in [5, 5.41) is 1.42. The third kappa shape index (κ3) is 2.21. The van der Waals surface area contributed by atoms with Crippen molar-refractivity contribution in [3.63, 3.8) is 0 Å². The second-order valence-corrected chi connectivity index (χ2v) is 5.95. The molecule has 0 spiro atoms. The number of fused-ring (bicyclic) bond motifs is 3. The Labute approximate surface area is 148 Å². The maximum atomic E-state index is 13.2. The van der Waals surface area contributed by atoms with Crippen molar-refractivity contribution in [1.82, 2.24) is 14.5 Å². The zero-order valence-corrected chi connectivity index (χ0v) is 13.9. The van der Waals surface area contributed by atoms with E-state index in [1.807, 2.05) is 24.3 Å². The summed E-state index contributed by atoms with van der Waals surface area (Å²) in [6, 6.07) is 12.4. The predicted molar refractivity (Wildman–Crippen MR) is 98.9 cm³/mol. The van der Waals surface area contributed by atoms with E-state index in [1.54, 1.807) is 31.3 Å². The van der Waals surface area contributed by atoms with Gasteiger partial charge in [0.15, 0.2) is 5.65 Å². The van der Waals surface area contributed by atoms with E-state index in [2.05, 4.69) is 9.97 Å². The molecule has 0 atom stereocenters. The van der Waals surface area contributed by atoms with Crippen LogP contribution in [0.3, 0.4) is 0 Å². The predicted octanol–water partition coefficient (Wildman–Crippen LogP) is 2.26. The number of primary amides is 1. The van der Waals surface area contributed by atoms with Crippen LogP contribution in [0.25, 0.3) is 21.9 Å². The summed E-state index contributed by atoms with van der Waals surface area (Å²) in [5.41, 5.74) is 13.5. The molecule has 3 heterocycles. The molecule has 0 aliphatic rings. The Hall–Kier alpha value is -3.74. The highest BCUT2D eigenvalue weighted by Gasteiger charge is 2.22. The van der Waals surface area contributed by atoms with Crippen LogP contribution in [0.4, 0.5) is 5.82 Å². The minimum absolute atomic E-state index is 0.00948. The number of carbonyl (C=O) groups is 2. The first-order chi connectivity index (χ1) is 12.5. The average molecular weight is 345 g/mol. The Morgan fingerprint density at radius 1 is 1.04 bits per heavy atom. The van der Waals surface area contributed by atoms with Crippen LogP contribution in [-0.4, -0.2) is 26.3 Å². The number of carbonyl (C=O) groups excluding carboxylic acids is 2. The second-order valence-electron chi connectivity index (χ2n) is 5.95. The van der Waals surface area contributed by atoms with Crippen LogP contribution in [0.2, 0.25) is 0 Å². The third-order valence-corrected chi connectivity index (χ3v) is 4.38. The largest absolute Gasteiger partial charge is 0.383 e. The summed E-state index contributed by atoms with van der Waals surface area (Å²) in [6.07, 6.45) is 1.63. The van der Waals surface area contributed by atoms with Gasteiger partial charge in [-0.3, -0.25) is 19.1 Å². The minimum atomic E-state index is -0.664. The topological polar surface area (TPSA) is 117 Å². The molecule has 4 N–H and O–H groups in total. The van der Waals surface area contributed by atoms with Crippen LogP contribution in [0.1, 0.15) is 26.4 Å². The molecule has 0 saturated carbocycles. The number of benzene rings is 1. The summed E-state index contributed by atoms with van der Waals surface area (Å²) in [6.45, 7) is 1.77. The zero-order chi connectivity index (χ0) is 18.4. The molecule has 4 aromatic rings. The molecule has 26 heavy (non-hydrogen) atoms. The number of rotatable bonds is 2. The molecular formula is C19H15N5O2. The minimum Gasteiger partial charge on any atom is -0.383 e. The number of nitrogens with two attached hydrogens (primary N) is 2. The lowest BCUT2D eigenvalue weighted by molar-refractivity contribution is 0.0966. The van der Waals surface area contributed by atoms with Gasteiger partial charge in [0.05, 0.1) is 16.6 Å². The number of hydrogen-bond acceptors (Lipinski definition) is 5. The molecule has 0 bridgehead atoms. The van der Waals surface area contributed by atoms with E-state index in [0.29, 0.717) is 27.8 Å². The number of hydrogen-bond donors (Lipinski definition) is 2. The monoisotopic (exact) mass is 345 g/mol. The van der Waals surface area contributed by atoms with E-state index in [9.17, 15) is 9.59 Å². The Morgan fingerprint density at radius 2 is 1.81 bits per heavy atom. The molecule has 128 valence electrons. The van der Waals surface area contributed by atoms with Gasteiger partial charge in [-0.2, -0.15) is 0 Å². The quantitative estimate of drug-likeness (QED) is 0.578. The van der Waals surface area contributed by atoms with Gasteiger partial charge in [-0.05, 0) is 31.2 Å². The molecule has 1 amide bonds. The van der Waals surface area contributed by atoms with Crippen molar-refractivity contribution in [1.29, 1.82) is 0 Å². The second kappa shape index (κ2) is 5.66. The fourth-order valence-corrected chi connectivity index (χ4v) is 3.13. The first-order valence-corrected chi connectivity index (χ1v) is 7.95.